The van der Waals surface area contributed by atoms with Gasteiger partial charge in [0.05, 0.1) is 12.7 Å². The van der Waals surface area contributed by atoms with Gasteiger partial charge in [0.2, 0.25) is 0 Å². The molecule has 2 aliphatic carbocycles. The minimum absolute atomic E-state index is 0.540. The van der Waals surface area contributed by atoms with E-state index < -0.39 is 0 Å². The summed E-state index contributed by atoms with van der Waals surface area (Å²) in [5.74, 6) is 1.67. The van der Waals surface area contributed by atoms with Gasteiger partial charge in [-0.2, -0.15) is 0 Å². The second-order valence-corrected chi connectivity index (χ2v) is 7.28. The molecule has 2 heteroatoms. The minimum atomic E-state index is 0.540. The molecule has 3 atom stereocenters. The molecule has 3 unspecified atom stereocenters. The molecule has 21 heavy (non-hydrogen) atoms. The molecule has 0 spiro atoms. The Morgan fingerprint density at radius 1 is 0.952 bits per heavy atom. The molecule has 0 aliphatic heterocycles. The van der Waals surface area contributed by atoms with Gasteiger partial charge in [-0.15, -0.1) is 0 Å². The Kier molecular flexibility index (Phi) is 8.10. The first kappa shape index (κ1) is 17.3. The van der Waals surface area contributed by atoms with Gasteiger partial charge in [-0.25, -0.2) is 0 Å². The van der Waals surface area contributed by atoms with Gasteiger partial charge >= 0.3 is 0 Å². The lowest BCUT2D eigenvalue weighted by Gasteiger charge is -2.35. The van der Waals surface area contributed by atoms with Crippen LogP contribution in [0, 0.1) is 11.8 Å². The molecule has 0 aromatic rings. The van der Waals surface area contributed by atoms with E-state index in [0.717, 1.165) is 25.0 Å². The van der Waals surface area contributed by atoms with Crippen molar-refractivity contribution < 1.29 is 4.74 Å². The smallest absolute Gasteiger partial charge is 0.0626 e. The van der Waals surface area contributed by atoms with Crippen molar-refractivity contribution in [2.45, 2.75) is 96.6 Å². The van der Waals surface area contributed by atoms with Crippen molar-refractivity contribution in [1.29, 1.82) is 0 Å². The predicted molar refractivity (Wildman–Crippen MR) is 90.6 cm³/mol. The Balaban J connectivity index is 1.81. The first-order chi connectivity index (χ1) is 10.3. The van der Waals surface area contributed by atoms with E-state index in [2.05, 4.69) is 19.2 Å². The van der Waals surface area contributed by atoms with E-state index in [4.69, 9.17) is 4.74 Å². The van der Waals surface area contributed by atoms with Crippen LogP contribution in [0.2, 0.25) is 0 Å². The SMILES string of the molecule is CCCNC(COC1CCCCC1CC)C1CCCCC1. The van der Waals surface area contributed by atoms with E-state index in [-0.39, 0.29) is 0 Å². The van der Waals surface area contributed by atoms with E-state index in [1.165, 1.54) is 70.6 Å². The van der Waals surface area contributed by atoms with E-state index in [1.54, 1.807) is 0 Å². The molecule has 0 saturated heterocycles. The van der Waals surface area contributed by atoms with Crippen molar-refractivity contribution in [1.82, 2.24) is 5.32 Å². The fourth-order valence-electron chi connectivity index (χ4n) is 4.32. The van der Waals surface area contributed by atoms with Crippen LogP contribution in [0.4, 0.5) is 0 Å². The second kappa shape index (κ2) is 9.84. The molecule has 0 aromatic carbocycles. The lowest BCUT2D eigenvalue weighted by molar-refractivity contribution is -0.0299. The summed E-state index contributed by atoms with van der Waals surface area (Å²) in [7, 11) is 0. The third-order valence-corrected chi connectivity index (χ3v) is 5.73. The number of ether oxygens (including phenoxy) is 1. The molecule has 2 nitrogen and oxygen atoms in total. The van der Waals surface area contributed by atoms with Crippen LogP contribution in [-0.2, 0) is 4.74 Å². The zero-order valence-electron chi connectivity index (χ0n) is 14.4. The Morgan fingerprint density at radius 3 is 2.38 bits per heavy atom. The molecule has 0 radical (unpaired) electrons. The lowest BCUT2D eigenvalue weighted by Crippen LogP contribution is -2.43. The van der Waals surface area contributed by atoms with Crippen molar-refractivity contribution in [3.05, 3.63) is 0 Å². The van der Waals surface area contributed by atoms with Crippen LogP contribution < -0.4 is 5.32 Å². The first-order valence-electron chi connectivity index (χ1n) is 9.70. The number of nitrogens with one attached hydrogen (secondary N) is 1. The molecule has 1 N–H and O–H groups in total. The van der Waals surface area contributed by atoms with Crippen molar-refractivity contribution in [3.8, 4) is 0 Å². The maximum absolute atomic E-state index is 6.44. The fraction of sp³-hybridized carbons (Fsp3) is 1.00. The maximum atomic E-state index is 6.44. The topological polar surface area (TPSA) is 21.3 Å². The molecule has 2 rings (SSSR count). The fourth-order valence-corrected chi connectivity index (χ4v) is 4.32. The molecule has 2 fully saturated rings. The van der Waals surface area contributed by atoms with Crippen LogP contribution in [0.1, 0.15) is 84.5 Å². The van der Waals surface area contributed by atoms with Crippen LogP contribution in [-0.4, -0.2) is 25.3 Å². The Morgan fingerprint density at radius 2 is 1.67 bits per heavy atom. The van der Waals surface area contributed by atoms with Crippen molar-refractivity contribution >= 4 is 0 Å². The predicted octanol–water partition coefficient (Wildman–Crippen LogP) is 4.92. The summed E-state index contributed by atoms with van der Waals surface area (Å²) in [6, 6.07) is 0.602. The largest absolute Gasteiger partial charge is 0.376 e. The van der Waals surface area contributed by atoms with Crippen LogP contribution in [0.5, 0.6) is 0 Å². The summed E-state index contributed by atoms with van der Waals surface area (Å²) in [4.78, 5) is 0. The standard InChI is InChI=1S/C19H37NO/c1-3-14-20-18(17-11-6-5-7-12-17)15-21-19-13-9-8-10-16(19)4-2/h16-20H,3-15H2,1-2H3. The molecule has 2 aliphatic rings. The van der Waals surface area contributed by atoms with Gasteiger partial charge in [-0.3, -0.25) is 0 Å². The Labute approximate surface area is 132 Å². The van der Waals surface area contributed by atoms with E-state index >= 15 is 0 Å². The average molecular weight is 296 g/mol. The molecule has 124 valence electrons. The number of rotatable bonds is 8. The van der Waals surface area contributed by atoms with Crippen LogP contribution in [0.15, 0.2) is 0 Å². The average Bonchev–Trinajstić information content (AvgIpc) is 2.56. The van der Waals surface area contributed by atoms with Gasteiger partial charge in [0.15, 0.2) is 0 Å². The van der Waals surface area contributed by atoms with Crippen LogP contribution in [0.3, 0.4) is 0 Å². The minimum Gasteiger partial charge on any atom is -0.376 e. The van der Waals surface area contributed by atoms with Gasteiger partial charge in [-0.05, 0) is 50.5 Å². The van der Waals surface area contributed by atoms with Crippen molar-refractivity contribution in [3.63, 3.8) is 0 Å². The highest BCUT2D eigenvalue weighted by Gasteiger charge is 2.28. The third-order valence-electron chi connectivity index (χ3n) is 5.73. The monoisotopic (exact) mass is 295 g/mol. The molecule has 2 saturated carbocycles. The first-order valence-corrected chi connectivity index (χ1v) is 9.70. The van der Waals surface area contributed by atoms with Gasteiger partial charge in [0, 0.05) is 6.04 Å². The zero-order valence-corrected chi connectivity index (χ0v) is 14.4. The normalized spacial score (nSPS) is 29.4. The highest BCUT2D eigenvalue weighted by molar-refractivity contribution is 4.81. The summed E-state index contributed by atoms with van der Waals surface area (Å²) in [6.45, 7) is 6.69. The second-order valence-electron chi connectivity index (χ2n) is 7.28. The summed E-state index contributed by atoms with van der Waals surface area (Å²) in [6.07, 6.45) is 15.6. The number of hydrogen-bond acceptors (Lipinski definition) is 2. The van der Waals surface area contributed by atoms with Crippen LogP contribution in [0.25, 0.3) is 0 Å². The molecule has 0 heterocycles. The van der Waals surface area contributed by atoms with E-state index in [9.17, 15) is 0 Å². The van der Waals surface area contributed by atoms with Gasteiger partial charge in [-0.1, -0.05) is 52.4 Å². The highest BCUT2D eigenvalue weighted by Crippen LogP contribution is 2.31. The van der Waals surface area contributed by atoms with Crippen LogP contribution >= 0.6 is 0 Å². The summed E-state index contributed by atoms with van der Waals surface area (Å²) < 4.78 is 6.44. The lowest BCUT2D eigenvalue weighted by atomic mass is 9.83. The Bertz CT molecular complexity index is 260. The summed E-state index contributed by atoms with van der Waals surface area (Å²) >= 11 is 0. The number of hydrogen-bond donors (Lipinski definition) is 1. The summed E-state index contributed by atoms with van der Waals surface area (Å²) in [5.41, 5.74) is 0. The zero-order chi connectivity index (χ0) is 14.9. The van der Waals surface area contributed by atoms with Gasteiger partial charge in [0.1, 0.15) is 0 Å². The quantitative estimate of drug-likeness (QED) is 0.686. The third kappa shape index (κ3) is 5.56. The molecular weight excluding hydrogens is 258 g/mol. The van der Waals surface area contributed by atoms with Crippen molar-refractivity contribution in [2.75, 3.05) is 13.2 Å². The Hall–Kier alpha value is -0.0800. The molecule has 0 aromatic heterocycles. The molecule has 0 amide bonds. The molecular formula is C19H37NO. The maximum Gasteiger partial charge on any atom is 0.0626 e. The summed E-state index contributed by atoms with van der Waals surface area (Å²) in [5, 5.41) is 3.79. The van der Waals surface area contributed by atoms with Gasteiger partial charge in [0.25, 0.3) is 0 Å². The molecule has 0 bridgehead atoms. The van der Waals surface area contributed by atoms with Gasteiger partial charge < -0.3 is 10.1 Å². The van der Waals surface area contributed by atoms with Crippen molar-refractivity contribution in [2.24, 2.45) is 11.8 Å². The van der Waals surface area contributed by atoms with E-state index in [0.29, 0.717) is 12.1 Å². The van der Waals surface area contributed by atoms with E-state index in [1.807, 2.05) is 0 Å². The highest BCUT2D eigenvalue weighted by atomic mass is 16.5.